The zero-order valence-electron chi connectivity index (χ0n) is 11.9. The van der Waals surface area contributed by atoms with Crippen LogP contribution in [0.3, 0.4) is 0 Å². The summed E-state index contributed by atoms with van der Waals surface area (Å²) in [5, 5.41) is 9.45. The molecule has 1 amide bonds. The van der Waals surface area contributed by atoms with Crippen molar-refractivity contribution in [1.82, 2.24) is 4.90 Å². The summed E-state index contributed by atoms with van der Waals surface area (Å²) in [5.41, 5.74) is 0.0468. The number of nitrogens with zero attached hydrogens (tertiary/aromatic N) is 1. The van der Waals surface area contributed by atoms with E-state index in [2.05, 4.69) is 6.92 Å². The molecule has 1 heterocycles. The number of hydrogen-bond acceptors (Lipinski definition) is 3. The average Bonchev–Trinajstić information content (AvgIpc) is 2.38. The third-order valence-corrected chi connectivity index (χ3v) is 4.03. The van der Waals surface area contributed by atoms with E-state index in [1.807, 2.05) is 18.7 Å². The molecule has 1 aliphatic rings. The molecule has 1 N–H and O–H groups in total. The molecule has 18 heavy (non-hydrogen) atoms. The number of hydrogen-bond donors (Lipinski definition) is 1. The molecule has 1 aliphatic heterocycles. The van der Waals surface area contributed by atoms with Gasteiger partial charge in [0, 0.05) is 19.7 Å². The first-order valence-corrected chi connectivity index (χ1v) is 7.03. The van der Waals surface area contributed by atoms with Crippen molar-refractivity contribution in [2.45, 2.75) is 52.6 Å². The predicted molar refractivity (Wildman–Crippen MR) is 71.3 cm³/mol. The van der Waals surface area contributed by atoms with Gasteiger partial charge in [0.15, 0.2) is 0 Å². The smallest absolute Gasteiger partial charge is 0.224 e. The molecule has 0 radical (unpaired) electrons. The molecule has 0 aromatic rings. The largest absolute Gasteiger partial charge is 0.396 e. The normalized spacial score (nSPS) is 19.3. The van der Waals surface area contributed by atoms with E-state index in [-0.39, 0.29) is 24.0 Å². The van der Waals surface area contributed by atoms with Gasteiger partial charge in [0.05, 0.1) is 19.1 Å². The van der Waals surface area contributed by atoms with Crippen LogP contribution in [0.5, 0.6) is 0 Å². The summed E-state index contributed by atoms with van der Waals surface area (Å²) in [7, 11) is 0. The molecule has 4 heteroatoms. The van der Waals surface area contributed by atoms with Gasteiger partial charge in [0.25, 0.3) is 0 Å². The van der Waals surface area contributed by atoms with Crippen LogP contribution < -0.4 is 0 Å². The Kier molecular flexibility index (Phi) is 6.09. The molecule has 0 aromatic carbocycles. The van der Waals surface area contributed by atoms with Crippen LogP contribution in [-0.4, -0.2) is 48.3 Å². The monoisotopic (exact) mass is 257 g/mol. The maximum absolute atomic E-state index is 12.0. The van der Waals surface area contributed by atoms with Crippen LogP contribution in [0.2, 0.25) is 0 Å². The number of amides is 1. The van der Waals surface area contributed by atoms with Crippen molar-refractivity contribution >= 4 is 5.91 Å². The predicted octanol–water partition coefficient (Wildman–Crippen LogP) is 1.81. The van der Waals surface area contributed by atoms with Crippen LogP contribution in [0.25, 0.3) is 0 Å². The van der Waals surface area contributed by atoms with Gasteiger partial charge >= 0.3 is 0 Å². The Balaban J connectivity index is 2.31. The van der Waals surface area contributed by atoms with Crippen molar-refractivity contribution in [3.8, 4) is 0 Å². The maximum Gasteiger partial charge on any atom is 0.224 e. The Morgan fingerprint density at radius 1 is 1.39 bits per heavy atom. The highest BCUT2D eigenvalue weighted by molar-refractivity contribution is 5.76. The fraction of sp³-hybridized carbons (Fsp3) is 0.929. The van der Waals surface area contributed by atoms with Crippen molar-refractivity contribution < 1.29 is 14.6 Å². The minimum absolute atomic E-state index is 0.0468. The minimum Gasteiger partial charge on any atom is -0.396 e. The van der Waals surface area contributed by atoms with E-state index in [9.17, 15) is 9.90 Å². The fourth-order valence-corrected chi connectivity index (χ4v) is 2.39. The summed E-state index contributed by atoms with van der Waals surface area (Å²) >= 11 is 0. The van der Waals surface area contributed by atoms with Crippen LogP contribution in [0.15, 0.2) is 0 Å². The van der Waals surface area contributed by atoms with E-state index < -0.39 is 0 Å². The lowest BCUT2D eigenvalue weighted by Crippen LogP contribution is -2.44. The lowest BCUT2D eigenvalue weighted by atomic mass is 9.77. The topological polar surface area (TPSA) is 49.8 Å². The Bertz CT molecular complexity index is 252. The Hall–Kier alpha value is -0.610. The van der Waals surface area contributed by atoms with E-state index in [1.54, 1.807) is 0 Å². The molecule has 1 fully saturated rings. The van der Waals surface area contributed by atoms with E-state index in [0.717, 1.165) is 32.4 Å². The molecule has 0 bridgehead atoms. The second-order valence-electron chi connectivity index (χ2n) is 5.56. The first-order chi connectivity index (χ1) is 8.53. The standard InChI is InChI=1S/C14H27NO3/c1-4-14(11-16)6-8-15(9-7-14)13(17)5-10-18-12(2)3/h12,16H,4-11H2,1-3H3. The van der Waals surface area contributed by atoms with E-state index in [0.29, 0.717) is 13.0 Å². The molecular weight excluding hydrogens is 230 g/mol. The van der Waals surface area contributed by atoms with Gasteiger partial charge in [-0.2, -0.15) is 0 Å². The van der Waals surface area contributed by atoms with Gasteiger partial charge in [-0.15, -0.1) is 0 Å². The average molecular weight is 257 g/mol. The number of aliphatic hydroxyl groups excluding tert-OH is 1. The van der Waals surface area contributed by atoms with Crippen LogP contribution in [0.1, 0.15) is 46.5 Å². The van der Waals surface area contributed by atoms with Gasteiger partial charge in [0.1, 0.15) is 0 Å². The molecule has 0 aliphatic carbocycles. The van der Waals surface area contributed by atoms with Gasteiger partial charge in [-0.3, -0.25) is 4.79 Å². The summed E-state index contributed by atoms with van der Waals surface area (Å²) in [4.78, 5) is 13.9. The summed E-state index contributed by atoms with van der Waals surface area (Å²) in [5.74, 6) is 0.179. The highest BCUT2D eigenvalue weighted by Gasteiger charge is 2.33. The molecule has 1 rings (SSSR count). The first kappa shape index (κ1) is 15.4. The number of ether oxygens (including phenoxy) is 1. The highest BCUT2D eigenvalue weighted by atomic mass is 16.5. The molecule has 0 atom stereocenters. The molecule has 0 unspecified atom stereocenters. The maximum atomic E-state index is 12.0. The minimum atomic E-state index is 0.0468. The van der Waals surface area contributed by atoms with Gasteiger partial charge < -0.3 is 14.7 Å². The second kappa shape index (κ2) is 7.10. The van der Waals surface area contributed by atoms with Gasteiger partial charge in [0.2, 0.25) is 5.91 Å². The number of carbonyl (C=O) groups is 1. The molecule has 1 saturated heterocycles. The molecular formula is C14H27NO3. The first-order valence-electron chi connectivity index (χ1n) is 7.03. The summed E-state index contributed by atoms with van der Waals surface area (Å²) < 4.78 is 5.40. The molecule has 4 nitrogen and oxygen atoms in total. The summed E-state index contributed by atoms with van der Waals surface area (Å²) in [6.07, 6.45) is 3.47. The SMILES string of the molecule is CCC1(CO)CCN(C(=O)CCOC(C)C)CC1. The van der Waals surface area contributed by atoms with Crippen molar-refractivity contribution in [3.05, 3.63) is 0 Å². The van der Waals surface area contributed by atoms with Crippen molar-refractivity contribution in [2.24, 2.45) is 5.41 Å². The van der Waals surface area contributed by atoms with Crippen molar-refractivity contribution in [1.29, 1.82) is 0 Å². The zero-order valence-corrected chi connectivity index (χ0v) is 11.9. The van der Waals surface area contributed by atoms with Crippen LogP contribution in [0.4, 0.5) is 0 Å². The number of aliphatic hydroxyl groups is 1. The third kappa shape index (κ3) is 4.25. The zero-order chi connectivity index (χ0) is 13.6. The van der Waals surface area contributed by atoms with Gasteiger partial charge in [-0.05, 0) is 38.5 Å². The van der Waals surface area contributed by atoms with Crippen LogP contribution in [-0.2, 0) is 9.53 Å². The lowest BCUT2D eigenvalue weighted by molar-refractivity contribution is -0.135. The molecule has 106 valence electrons. The van der Waals surface area contributed by atoms with E-state index in [1.165, 1.54) is 0 Å². The second-order valence-corrected chi connectivity index (χ2v) is 5.56. The van der Waals surface area contributed by atoms with Gasteiger partial charge in [-0.25, -0.2) is 0 Å². The van der Waals surface area contributed by atoms with E-state index >= 15 is 0 Å². The number of rotatable bonds is 6. The number of piperidine rings is 1. The Labute approximate surface area is 110 Å². The summed E-state index contributed by atoms with van der Waals surface area (Å²) in [6.45, 7) is 8.35. The fourth-order valence-electron chi connectivity index (χ4n) is 2.39. The van der Waals surface area contributed by atoms with E-state index in [4.69, 9.17) is 4.74 Å². The quantitative estimate of drug-likeness (QED) is 0.789. The molecule has 0 saturated carbocycles. The highest BCUT2D eigenvalue weighted by Crippen LogP contribution is 2.34. The Morgan fingerprint density at radius 3 is 2.44 bits per heavy atom. The molecule has 0 aromatic heterocycles. The van der Waals surface area contributed by atoms with Crippen molar-refractivity contribution in [2.75, 3.05) is 26.3 Å². The lowest BCUT2D eigenvalue weighted by Gasteiger charge is -2.40. The van der Waals surface area contributed by atoms with Gasteiger partial charge in [-0.1, -0.05) is 6.92 Å². The number of carbonyl (C=O) groups excluding carboxylic acids is 1. The van der Waals surface area contributed by atoms with Crippen LogP contribution in [0, 0.1) is 5.41 Å². The van der Waals surface area contributed by atoms with Crippen molar-refractivity contribution in [3.63, 3.8) is 0 Å². The Morgan fingerprint density at radius 2 is 2.00 bits per heavy atom. The number of likely N-dealkylation sites (tertiary alicyclic amines) is 1. The summed E-state index contributed by atoms with van der Waals surface area (Å²) in [6, 6.07) is 0. The molecule has 0 spiro atoms. The van der Waals surface area contributed by atoms with Crippen LogP contribution >= 0.6 is 0 Å². The third-order valence-electron chi connectivity index (χ3n) is 4.03.